The minimum atomic E-state index is 0.151. The smallest absolute Gasteiger partial charge is 0.138 e. The Morgan fingerprint density at radius 2 is 1.58 bits per heavy atom. The van der Waals surface area contributed by atoms with Gasteiger partial charge in [-0.2, -0.15) is 0 Å². The number of hydrogen-bond acceptors (Lipinski definition) is 1. The molecule has 0 aliphatic rings. The molecule has 0 spiro atoms. The number of aryl methyl sites for hydroxylation is 2. The van der Waals surface area contributed by atoms with Crippen LogP contribution in [0.2, 0.25) is 0 Å². The van der Waals surface area contributed by atoms with Crippen molar-refractivity contribution in [2.75, 3.05) is 0 Å². The zero-order valence-corrected chi connectivity index (χ0v) is 12.3. The van der Waals surface area contributed by atoms with E-state index < -0.39 is 0 Å². The van der Waals surface area contributed by atoms with Gasteiger partial charge in [0, 0.05) is 10.8 Å². The van der Waals surface area contributed by atoms with Crippen molar-refractivity contribution >= 4 is 21.9 Å². The number of furan rings is 1. The molecule has 1 aromatic heterocycles. The standard InChI is InChI=1S/C18H20O/c1-11-6-8-15-14-9-7-13(18(3,4)5)10-16(14)19-17(15)12(11)2/h6-10H,1-5H3. The van der Waals surface area contributed by atoms with Gasteiger partial charge in [0.05, 0.1) is 0 Å². The van der Waals surface area contributed by atoms with Crippen LogP contribution in [0.25, 0.3) is 21.9 Å². The van der Waals surface area contributed by atoms with Crippen molar-refractivity contribution < 1.29 is 4.42 Å². The summed E-state index contributed by atoms with van der Waals surface area (Å²) in [7, 11) is 0. The molecule has 0 saturated carbocycles. The van der Waals surface area contributed by atoms with Crippen LogP contribution in [0.5, 0.6) is 0 Å². The predicted octanol–water partition coefficient (Wildman–Crippen LogP) is 5.50. The summed E-state index contributed by atoms with van der Waals surface area (Å²) in [6.45, 7) is 10.9. The number of fused-ring (bicyclic) bond motifs is 3. The van der Waals surface area contributed by atoms with Gasteiger partial charge in [0.1, 0.15) is 11.2 Å². The summed E-state index contributed by atoms with van der Waals surface area (Å²) in [5, 5.41) is 2.43. The summed E-state index contributed by atoms with van der Waals surface area (Å²) >= 11 is 0. The third kappa shape index (κ3) is 1.85. The van der Waals surface area contributed by atoms with Crippen molar-refractivity contribution in [1.29, 1.82) is 0 Å². The summed E-state index contributed by atoms with van der Waals surface area (Å²) in [6.07, 6.45) is 0. The molecule has 0 bridgehead atoms. The Morgan fingerprint density at radius 1 is 0.895 bits per heavy atom. The normalized spacial score (nSPS) is 12.5. The number of benzene rings is 2. The summed E-state index contributed by atoms with van der Waals surface area (Å²) in [6, 6.07) is 10.9. The molecule has 0 aliphatic heterocycles. The van der Waals surface area contributed by atoms with Crippen LogP contribution < -0.4 is 0 Å². The van der Waals surface area contributed by atoms with Crippen molar-refractivity contribution in [2.45, 2.75) is 40.0 Å². The fourth-order valence-corrected chi connectivity index (χ4v) is 2.54. The van der Waals surface area contributed by atoms with E-state index in [-0.39, 0.29) is 5.41 Å². The second kappa shape index (κ2) is 3.86. The minimum absolute atomic E-state index is 0.151. The van der Waals surface area contributed by atoms with Gasteiger partial charge < -0.3 is 4.42 Å². The molecule has 1 heteroatoms. The van der Waals surface area contributed by atoms with Gasteiger partial charge in [-0.15, -0.1) is 0 Å². The highest BCUT2D eigenvalue weighted by molar-refractivity contribution is 6.06. The Balaban J connectivity index is 2.37. The van der Waals surface area contributed by atoms with Gasteiger partial charge in [-0.1, -0.05) is 45.0 Å². The molecule has 1 heterocycles. The molecule has 3 rings (SSSR count). The Hall–Kier alpha value is -1.76. The van der Waals surface area contributed by atoms with Crippen molar-refractivity contribution in [2.24, 2.45) is 0 Å². The fourth-order valence-electron chi connectivity index (χ4n) is 2.54. The molecular weight excluding hydrogens is 232 g/mol. The van der Waals surface area contributed by atoms with Crippen LogP contribution in [0.15, 0.2) is 34.7 Å². The van der Waals surface area contributed by atoms with E-state index in [2.05, 4.69) is 65.0 Å². The molecular formula is C18H20O. The molecule has 0 aliphatic carbocycles. The summed E-state index contributed by atoms with van der Waals surface area (Å²) < 4.78 is 6.10. The lowest BCUT2D eigenvalue weighted by Crippen LogP contribution is -2.10. The minimum Gasteiger partial charge on any atom is -0.456 e. The van der Waals surface area contributed by atoms with E-state index in [4.69, 9.17) is 4.42 Å². The Labute approximate surface area is 114 Å². The van der Waals surface area contributed by atoms with Gasteiger partial charge >= 0.3 is 0 Å². The average Bonchev–Trinajstić information content (AvgIpc) is 2.71. The van der Waals surface area contributed by atoms with Crippen LogP contribution in [-0.2, 0) is 5.41 Å². The van der Waals surface area contributed by atoms with Crippen LogP contribution in [0.4, 0.5) is 0 Å². The molecule has 0 N–H and O–H groups in total. The molecule has 0 amide bonds. The maximum absolute atomic E-state index is 6.10. The predicted molar refractivity (Wildman–Crippen MR) is 81.9 cm³/mol. The van der Waals surface area contributed by atoms with Crippen molar-refractivity contribution in [3.8, 4) is 0 Å². The fraction of sp³-hybridized carbons (Fsp3) is 0.333. The van der Waals surface area contributed by atoms with Crippen molar-refractivity contribution in [3.05, 3.63) is 47.0 Å². The Bertz CT molecular complexity index is 770. The maximum atomic E-state index is 6.10. The van der Waals surface area contributed by atoms with E-state index in [0.29, 0.717) is 0 Å². The first-order chi connectivity index (χ1) is 8.88. The van der Waals surface area contributed by atoms with Crippen molar-refractivity contribution in [1.82, 2.24) is 0 Å². The highest BCUT2D eigenvalue weighted by Gasteiger charge is 2.16. The second-order valence-corrected chi connectivity index (χ2v) is 6.45. The molecule has 0 saturated heterocycles. The molecule has 98 valence electrons. The quantitative estimate of drug-likeness (QED) is 0.515. The summed E-state index contributed by atoms with van der Waals surface area (Å²) in [4.78, 5) is 0. The molecule has 3 aromatic rings. The highest BCUT2D eigenvalue weighted by Crippen LogP contribution is 2.34. The molecule has 0 fully saturated rings. The summed E-state index contributed by atoms with van der Waals surface area (Å²) in [5.41, 5.74) is 6.01. The molecule has 0 unspecified atom stereocenters. The van der Waals surface area contributed by atoms with E-state index in [1.54, 1.807) is 0 Å². The van der Waals surface area contributed by atoms with Crippen LogP contribution in [0.1, 0.15) is 37.5 Å². The maximum Gasteiger partial charge on any atom is 0.138 e. The van der Waals surface area contributed by atoms with Gasteiger partial charge in [-0.3, -0.25) is 0 Å². The van der Waals surface area contributed by atoms with Crippen molar-refractivity contribution in [3.63, 3.8) is 0 Å². The van der Waals surface area contributed by atoms with E-state index in [9.17, 15) is 0 Å². The first kappa shape index (κ1) is 12.3. The third-order valence-electron chi connectivity index (χ3n) is 4.03. The third-order valence-corrected chi connectivity index (χ3v) is 4.03. The number of hydrogen-bond donors (Lipinski definition) is 0. The lowest BCUT2D eigenvalue weighted by molar-refractivity contribution is 0.587. The number of rotatable bonds is 0. The highest BCUT2D eigenvalue weighted by atomic mass is 16.3. The first-order valence-electron chi connectivity index (χ1n) is 6.81. The van der Waals surface area contributed by atoms with Crippen LogP contribution in [-0.4, -0.2) is 0 Å². The van der Waals surface area contributed by atoms with E-state index in [1.807, 2.05) is 0 Å². The van der Waals surface area contributed by atoms with Gasteiger partial charge in [0.2, 0.25) is 0 Å². The lowest BCUT2D eigenvalue weighted by Gasteiger charge is -2.18. The molecule has 0 radical (unpaired) electrons. The van der Waals surface area contributed by atoms with E-state index in [0.717, 1.165) is 11.2 Å². The van der Waals surface area contributed by atoms with Crippen LogP contribution in [0, 0.1) is 13.8 Å². The SMILES string of the molecule is Cc1ccc2c(oc3cc(C(C)(C)C)ccc32)c1C. The largest absolute Gasteiger partial charge is 0.456 e. The Kier molecular flexibility index (Phi) is 2.50. The average molecular weight is 252 g/mol. The van der Waals surface area contributed by atoms with E-state index >= 15 is 0 Å². The first-order valence-corrected chi connectivity index (χ1v) is 6.81. The lowest BCUT2D eigenvalue weighted by atomic mass is 9.86. The zero-order valence-electron chi connectivity index (χ0n) is 12.3. The molecule has 1 nitrogen and oxygen atoms in total. The van der Waals surface area contributed by atoms with Crippen LogP contribution >= 0.6 is 0 Å². The van der Waals surface area contributed by atoms with E-state index in [1.165, 1.54) is 27.5 Å². The second-order valence-electron chi connectivity index (χ2n) is 6.45. The summed E-state index contributed by atoms with van der Waals surface area (Å²) in [5.74, 6) is 0. The molecule has 0 atom stereocenters. The molecule has 19 heavy (non-hydrogen) atoms. The van der Waals surface area contributed by atoms with Crippen LogP contribution in [0.3, 0.4) is 0 Å². The van der Waals surface area contributed by atoms with Gasteiger partial charge in [0.15, 0.2) is 0 Å². The zero-order chi connectivity index (χ0) is 13.8. The van der Waals surface area contributed by atoms with Gasteiger partial charge in [-0.05, 0) is 42.0 Å². The van der Waals surface area contributed by atoms with Gasteiger partial charge in [0.25, 0.3) is 0 Å². The molecule has 2 aromatic carbocycles. The topological polar surface area (TPSA) is 13.1 Å². The monoisotopic (exact) mass is 252 g/mol. The van der Waals surface area contributed by atoms with Gasteiger partial charge in [-0.25, -0.2) is 0 Å². The Morgan fingerprint density at radius 3 is 2.26 bits per heavy atom.